The summed E-state index contributed by atoms with van der Waals surface area (Å²) in [6.45, 7) is 2.34. The number of carbonyl (C=O) groups excluding carboxylic acids is 1. The summed E-state index contributed by atoms with van der Waals surface area (Å²) in [6, 6.07) is 7.22. The van der Waals surface area contributed by atoms with Crippen LogP contribution >= 0.6 is 0 Å². The summed E-state index contributed by atoms with van der Waals surface area (Å²) < 4.78 is 15.6. The van der Waals surface area contributed by atoms with Gasteiger partial charge in [0, 0.05) is 13.0 Å². The minimum Gasteiger partial charge on any atom is -0.497 e. The Labute approximate surface area is 135 Å². The molecule has 0 radical (unpaired) electrons. The van der Waals surface area contributed by atoms with Crippen molar-refractivity contribution in [1.82, 2.24) is 5.32 Å². The van der Waals surface area contributed by atoms with E-state index >= 15 is 0 Å². The minimum absolute atomic E-state index is 0.116. The molecular formula is C16H23NO6. The van der Waals surface area contributed by atoms with E-state index in [-0.39, 0.29) is 19.1 Å². The van der Waals surface area contributed by atoms with Gasteiger partial charge in [-0.05, 0) is 37.6 Å². The Morgan fingerprint density at radius 1 is 1.17 bits per heavy atom. The van der Waals surface area contributed by atoms with Gasteiger partial charge in [0.1, 0.15) is 11.5 Å². The maximum atomic E-state index is 11.6. The summed E-state index contributed by atoms with van der Waals surface area (Å²) in [6.07, 6.45) is 0.0549. The fraction of sp³-hybridized carbons (Fsp3) is 0.500. The molecule has 1 rings (SSSR count). The average Bonchev–Trinajstić information content (AvgIpc) is 2.55. The third-order valence-corrected chi connectivity index (χ3v) is 3.02. The van der Waals surface area contributed by atoms with E-state index in [1.807, 2.05) is 0 Å². The van der Waals surface area contributed by atoms with Gasteiger partial charge < -0.3 is 24.6 Å². The average molecular weight is 325 g/mol. The molecule has 0 spiro atoms. The second kappa shape index (κ2) is 10.4. The molecule has 1 amide bonds. The number of ether oxygens (including phenoxy) is 3. The highest BCUT2D eigenvalue weighted by Gasteiger charge is 2.10. The molecule has 7 nitrogen and oxygen atoms in total. The van der Waals surface area contributed by atoms with Crippen LogP contribution in [-0.4, -0.2) is 50.0 Å². The number of nitrogens with one attached hydrogen (secondary N) is 1. The molecule has 1 aromatic rings. The van der Waals surface area contributed by atoms with Gasteiger partial charge in [0.05, 0.1) is 20.3 Å². The lowest BCUT2D eigenvalue weighted by molar-refractivity contribution is -0.148. The van der Waals surface area contributed by atoms with Crippen molar-refractivity contribution in [3.05, 3.63) is 24.3 Å². The van der Waals surface area contributed by atoms with Gasteiger partial charge in [-0.1, -0.05) is 0 Å². The van der Waals surface area contributed by atoms with Crippen LogP contribution in [0.1, 0.15) is 19.8 Å². The highest BCUT2D eigenvalue weighted by atomic mass is 16.5. The van der Waals surface area contributed by atoms with Crippen LogP contribution in [0.25, 0.3) is 0 Å². The lowest BCUT2D eigenvalue weighted by Gasteiger charge is -2.09. The molecule has 0 aliphatic carbocycles. The van der Waals surface area contributed by atoms with Crippen molar-refractivity contribution >= 4 is 11.9 Å². The molecule has 1 unspecified atom stereocenters. The van der Waals surface area contributed by atoms with Crippen LogP contribution in [0.5, 0.6) is 11.5 Å². The molecule has 0 aromatic heterocycles. The predicted octanol–water partition coefficient (Wildman–Crippen LogP) is 1.46. The van der Waals surface area contributed by atoms with Crippen molar-refractivity contribution in [2.24, 2.45) is 0 Å². The number of carboxylic acid groups (broad SMARTS) is 1. The number of aliphatic carboxylic acids is 1. The third kappa shape index (κ3) is 8.06. The summed E-state index contributed by atoms with van der Waals surface area (Å²) in [5.41, 5.74) is 0. The number of benzene rings is 1. The first-order valence-electron chi connectivity index (χ1n) is 7.41. The van der Waals surface area contributed by atoms with Crippen molar-refractivity contribution in [3.63, 3.8) is 0 Å². The molecule has 7 heteroatoms. The zero-order valence-electron chi connectivity index (χ0n) is 13.4. The van der Waals surface area contributed by atoms with Gasteiger partial charge in [-0.3, -0.25) is 4.79 Å². The summed E-state index contributed by atoms with van der Waals surface area (Å²) >= 11 is 0. The van der Waals surface area contributed by atoms with Gasteiger partial charge in [0.2, 0.25) is 5.91 Å². The number of carbonyl (C=O) groups is 2. The van der Waals surface area contributed by atoms with Gasteiger partial charge in [0.25, 0.3) is 0 Å². The molecule has 0 saturated heterocycles. The molecule has 0 fully saturated rings. The number of methoxy groups -OCH3 is 1. The van der Waals surface area contributed by atoms with Crippen LogP contribution in [0.2, 0.25) is 0 Å². The second-order valence-corrected chi connectivity index (χ2v) is 4.83. The maximum absolute atomic E-state index is 11.6. The van der Waals surface area contributed by atoms with Gasteiger partial charge in [0.15, 0.2) is 6.10 Å². The molecule has 2 N–H and O–H groups in total. The molecule has 0 saturated carbocycles. The van der Waals surface area contributed by atoms with Crippen LogP contribution in [0.4, 0.5) is 0 Å². The van der Waals surface area contributed by atoms with E-state index in [9.17, 15) is 9.59 Å². The van der Waals surface area contributed by atoms with E-state index < -0.39 is 12.1 Å². The normalized spacial score (nSPS) is 11.6. The fourth-order valence-corrected chi connectivity index (χ4v) is 1.68. The maximum Gasteiger partial charge on any atom is 0.332 e. The highest BCUT2D eigenvalue weighted by Crippen LogP contribution is 2.17. The summed E-state index contributed by atoms with van der Waals surface area (Å²) in [4.78, 5) is 22.1. The smallest absolute Gasteiger partial charge is 0.332 e. The standard InChI is InChI=1S/C16H23NO6/c1-12(16(19)20)22-11-9-17-15(18)4-3-10-23-14-7-5-13(21-2)6-8-14/h5-8,12H,3-4,9-11H2,1-2H3,(H,17,18)(H,19,20). The Kier molecular flexibility index (Phi) is 8.52. The number of amides is 1. The van der Waals surface area contributed by atoms with Crippen LogP contribution < -0.4 is 14.8 Å². The van der Waals surface area contributed by atoms with Crippen molar-refractivity contribution < 1.29 is 28.9 Å². The number of hydrogen-bond donors (Lipinski definition) is 2. The van der Waals surface area contributed by atoms with Gasteiger partial charge in [-0.2, -0.15) is 0 Å². The molecule has 1 atom stereocenters. The van der Waals surface area contributed by atoms with E-state index in [4.69, 9.17) is 19.3 Å². The number of rotatable bonds is 11. The Morgan fingerprint density at radius 2 is 1.83 bits per heavy atom. The zero-order valence-corrected chi connectivity index (χ0v) is 13.4. The van der Waals surface area contributed by atoms with Gasteiger partial charge in [-0.15, -0.1) is 0 Å². The predicted molar refractivity (Wildman–Crippen MR) is 83.8 cm³/mol. The van der Waals surface area contributed by atoms with Crippen molar-refractivity contribution in [3.8, 4) is 11.5 Å². The van der Waals surface area contributed by atoms with Crippen LogP contribution in [-0.2, 0) is 14.3 Å². The number of carboxylic acids is 1. The molecule has 1 aromatic carbocycles. The minimum atomic E-state index is -1.02. The Balaban J connectivity index is 2.06. The first-order chi connectivity index (χ1) is 11.0. The quantitative estimate of drug-likeness (QED) is 0.598. The SMILES string of the molecule is COc1ccc(OCCCC(=O)NCCOC(C)C(=O)O)cc1. The molecule has 128 valence electrons. The fourth-order valence-electron chi connectivity index (χ4n) is 1.68. The third-order valence-electron chi connectivity index (χ3n) is 3.02. The van der Waals surface area contributed by atoms with Gasteiger partial charge in [-0.25, -0.2) is 4.79 Å². The van der Waals surface area contributed by atoms with Crippen molar-refractivity contribution in [2.75, 3.05) is 26.9 Å². The zero-order chi connectivity index (χ0) is 17.1. The van der Waals surface area contributed by atoms with Crippen LogP contribution in [0.3, 0.4) is 0 Å². The lowest BCUT2D eigenvalue weighted by atomic mass is 10.3. The molecule has 0 aliphatic rings. The molecule has 0 heterocycles. The van der Waals surface area contributed by atoms with E-state index in [0.29, 0.717) is 19.4 Å². The van der Waals surface area contributed by atoms with Gasteiger partial charge >= 0.3 is 5.97 Å². The molecular weight excluding hydrogens is 302 g/mol. The van der Waals surface area contributed by atoms with Crippen LogP contribution in [0, 0.1) is 0 Å². The largest absolute Gasteiger partial charge is 0.497 e. The number of hydrogen-bond acceptors (Lipinski definition) is 5. The van der Waals surface area contributed by atoms with E-state index in [0.717, 1.165) is 11.5 Å². The first-order valence-corrected chi connectivity index (χ1v) is 7.41. The summed E-state index contributed by atoms with van der Waals surface area (Å²) in [7, 11) is 1.60. The molecule has 23 heavy (non-hydrogen) atoms. The van der Waals surface area contributed by atoms with Crippen molar-refractivity contribution in [2.45, 2.75) is 25.9 Å². The van der Waals surface area contributed by atoms with Crippen LogP contribution in [0.15, 0.2) is 24.3 Å². The lowest BCUT2D eigenvalue weighted by Crippen LogP contribution is -2.30. The summed E-state index contributed by atoms with van der Waals surface area (Å²) in [5.74, 6) is 0.348. The van der Waals surface area contributed by atoms with Crippen molar-refractivity contribution in [1.29, 1.82) is 0 Å². The Hall–Kier alpha value is -2.28. The first kappa shape index (κ1) is 18.8. The Bertz CT molecular complexity index is 488. The topological polar surface area (TPSA) is 94.1 Å². The monoisotopic (exact) mass is 325 g/mol. The Morgan fingerprint density at radius 3 is 2.43 bits per heavy atom. The molecule has 0 aliphatic heterocycles. The summed E-state index contributed by atoms with van der Waals surface area (Å²) in [5, 5.41) is 11.3. The second-order valence-electron chi connectivity index (χ2n) is 4.83. The van der Waals surface area contributed by atoms with E-state index in [2.05, 4.69) is 5.32 Å². The van der Waals surface area contributed by atoms with E-state index in [1.54, 1.807) is 31.4 Å². The van der Waals surface area contributed by atoms with E-state index in [1.165, 1.54) is 6.92 Å². The highest BCUT2D eigenvalue weighted by molar-refractivity contribution is 5.75. The molecule has 0 bridgehead atoms.